The van der Waals surface area contributed by atoms with E-state index < -0.39 is 0 Å². The molecule has 0 bridgehead atoms. The fourth-order valence-electron chi connectivity index (χ4n) is 3.37. The summed E-state index contributed by atoms with van der Waals surface area (Å²) in [7, 11) is 1.58. The summed E-state index contributed by atoms with van der Waals surface area (Å²) < 4.78 is 7.03. The number of nitrogens with one attached hydrogen (secondary N) is 1. The van der Waals surface area contributed by atoms with Crippen LogP contribution in [-0.4, -0.2) is 45.1 Å². The van der Waals surface area contributed by atoms with Crippen molar-refractivity contribution < 1.29 is 14.0 Å². The zero-order chi connectivity index (χ0) is 23.8. The second-order valence-electron chi connectivity index (χ2n) is 7.74. The molecule has 0 atom stereocenters. The molecule has 0 unspecified atom stereocenters. The zero-order valence-corrected chi connectivity index (χ0v) is 18.8. The average molecular weight is 456 g/mol. The predicted octanol–water partition coefficient (Wildman–Crippen LogP) is 3.37. The van der Waals surface area contributed by atoms with Crippen LogP contribution in [0.4, 0.5) is 0 Å². The number of carbonyl (C=O) groups excluding carboxylic acids is 2. The van der Waals surface area contributed by atoms with Gasteiger partial charge in [0.1, 0.15) is 11.5 Å². The van der Waals surface area contributed by atoms with Gasteiger partial charge in [0.25, 0.3) is 0 Å². The number of aromatic nitrogens is 3. The van der Waals surface area contributed by atoms with Crippen molar-refractivity contribution in [1.82, 2.24) is 25.0 Å². The quantitative estimate of drug-likeness (QED) is 0.391. The third-order valence-electron chi connectivity index (χ3n) is 5.11. The fraction of sp³-hybridized carbons (Fsp3) is 0.154. The number of likely N-dealkylation sites (N-methyl/N-ethyl adjacent to an activating group) is 1. The molecule has 0 saturated heterocycles. The van der Waals surface area contributed by atoms with Gasteiger partial charge in [-0.05, 0) is 35.9 Å². The molecule has 1 aromatic carbocycles. The average Bonchev–Trinajstić information content (AvgIpc) is 3.52. The van der Waals surface area contributed by atoms with Crippen LogP contribution in [-0.2, 0) is 22.7 Å². The Kier molecular flexibility index (Phi) is 7.29. The van der Waals surface area contributed by atoms with E-state index in [0.29, 0.717) is 12.3 Å². The van der Waals surface area contributed by atoms with Crippen molar-refractivity contribution in [3.05, 3.63) is 102 Å². The molecule has 0 fully saturated rings. The van der Waals surface area contributed by atoms with Crippen LogP contribution in [0, 0.1) is 0 Å². The summed E-state index contributed by atoms with van der Waals surface area (Å²) in [6, 6.07) is 17.3. The molecule has 3 aromatic heterocycles. The van der Waals surface area contributed by atoms with Gasteiger partial charge in [-0.15, -0.1) is 0 Å². The highest BCUT2D eigenvalue weighted by molar-refractivity contribution is 5.95. The van der Waals surface area contributed by atoms with Gasteiger partial charge < -0.3 is 14.6 Å². The lowest BCUT2D eigenvalue weighted by Crippen LogP contribution is -2.37. The smallest absolute Gasteiger partial charge is 0.246 e. The second-order valence-corrected chi connectivity index (χ2v) is 7.74. The summed E-state index contributed by atoms with van der Waals surface area (Å²) in [6.07, 6.45) is 10.1. The lowest BCUT2D eigenvalue weighted by molar-refractivity contribution is -0.131. The van der Waals surface area contributed by atoms with Gasteiger partial charge in [-0.3, -0.25) is 19.3 Å². The van der Waals surface area contributed by atoms with E-state index in [2.05, 4.69) is 10.3 Å². The number of furan rings is 1. The molecule has 0 aliphatic carbocycles. The molecule has 4 rings (SSSR count). The first kappa shape index (κ1) is 22.7. The Hall–Kier alpha value is -4.46. The maximum absolute atomic E-state index is 12.6. The first-order valence-corrected chi connectivity index (χ1v) is 10.8. The van der Waals surface area contributed by atoms with Gasteiger partial charge in [0.15, 0.2) is 0 Å². The molecule has 3 heterocycles. The Morgan fingerprint density at radius 3 is 2.71 bits per heavy atom. The maximum Gasteiger partial charge on any atom is 0.246 e. The number of carbonyl (C=O) groups is 2. The maximum atomic E-state index is 12.6. The Morgan fingerprint density at radius 2 is 1.97 bits per heavy atom. The molecular formula is C26H25N5O3. The highest BCUT2D eigenvalue weighted by Gasteiger charge is 2.13. The number of hydrogen-bond donors (Lipinski definition) is 1. The van der Waals surface area contributed by atoms with E-state index in [-0.39, 0.29) is 24.9 Å². The van der Waals surface area contributed by atoms with Crippen LogP contribution in [0.5, 0.6) is 0 Å². The Balaban J connectivity index is 1.44. The van der Waals surface area contributed by atoms with Gasteiger partial charge in [0, 0.05) is 42.8 Å². The van der Waals surface area contributed by atoms with E-state index in [1.54, 1.807) is 43.9 Å². The van der Waals surface area contributed by atoms with Crippen molar-refractivity contribution in [2.45, 2.75) is 13.1 Å². The molecule has 1 N–H and O–H groups in total. The largest absolute Gasteiger partial charge is 0.467 e. The van der Waals surface area contributed by atoms with E-state index in [0.717, 1.165) is 22.4 Å². The van der Waals surface area contributed by atoms with Gasteiger partial charge in [-0.1, -0.05) is 30.3 Å². The number of rotatable bonds is 9. The van der Waals surface area contributed by atoms with Crippen LogP contribution in [0.3, 0.4) is 0 Å². The molecule has 34 heavy (non-hydrogen) atoms. The van der Waals surface area contributed by atoms with E-state index in [1.165, 1.54) is 11.0 Å². The Labute approximate surface area is 197 Å². The van der Waals surface area contributed by atoms with Gasteiger partial charge in [-0.2, -0.15) is 5.10 Å². The summed E-state index contributed by atoms with van der Waals surface area (Å²) in [5.41, 5.74) is 3.49. The van der Waals surface area contributed by atoms with Crippen molar-refractivity contribution in [1.29, 1.82) is 0 Å². The van der Waals surface area contributed by atoms with Crippen LogP contribution in [0.2, 0.25) is 0 Å². The summed E-state index contributed by atoms with van der Waals surface area (Å²) in [5.74, 6) is 0.0890. The van der Waals surface area contributed by atoms with Crippen LogP contribution in [0.25, 0.3) is 17.3 Å². The lowest BCUT2D eigenvalue weighted by Gasteiger charge is -2.14. The summed E-state index contributed by atoms with van der Waals surface area (Å²) in [4.78, 5) is 30.3. The minimum absolute atomic E-state index is 0.0629. The highest BCUT2D eigenvalue weighted by Crippen LogP contribution is 2.23. The van der Waals surface area contributed by atoms with E-state index in [4.69, 9.17) is 9.52 Å². The van der Waals surface area contributed by atoms with Gasteiger partial charge in [-0.25, -0.2) is 0 Å². The highest BCUT2D eigenvalue weighted by atomic mass is 16.3. The van der Waals surface area contributed by atoms with Crippen molar-refractivity contribution in [3.8, 4) is 11.3 Å². The lowest BCUT2D eigenvalue weighted by atomic mass is 10.1. The fourth-order valence-corrected chi connectivity index (χ4v) is 3.37. The normalized spacial score (nSPS) is 11.0. The molecule has 0 radical (unpaired) electrons. The standard InChI is InChI=1S/C26H25N5O3/c1-30(19-24(32)28-16-23-10-6-14-34-23)25(33)12-11-22-18-31(17-20-7-3-2-4-8-20)29-26(22)21-9-5-13-27-15-21/h2-15,18H,16-17,19H2,1H3,(H,28,32)/b12-11+. The number of benzene rings is 1. The molecule has 0 saturated carbocycles. The van der Waals surface area contributed by atoms with Crippen molar-refractivity contribution in [2.75, 3.05) is 13.6 Å². The number of pyridine rings is 1. The molecular weight excluding hydrogens is 430 g/mol. The van der Waals surface area contributed by atoms with Crippen LogP contribution < -0.4 is 5.32 Å². The van der Waals surface area contributed by atoms with Crippen molar-refractivity contribution >= 4 is 17.9 Å². The molecule has 4 aromatic rings. The zero-order valence-electron chi connectivity index (χ0n) is 18.8. The first-order chi connectivity index (χ1) is 16.6. The first-order valence-electron chi connectivity index (χ1n) is 10.8. The molecule has 0 spiro atoms. The van der Waals surface area contributed by atoms with Gasteiger partial charge in [0.05, 0.1) is 25.9 Å². The molecule has 172 valence electrons. The second kappa shape index (κ2) is 10.9. The number of hydrogen-bond acceptors (Lipinski definition) is 5. The van der Waals surface area contributed by atoms with Gasteiger partial charge >= 0.3 is 0 Å². The molecule has 8 nitrogen and oxygen atoms in total. The Bertz CT molecular complexity index is 1250. The third-order valence-corrected chi connectivity index (χ3v) is 5.11. The van der Waals surface area contributed by atoms with Crippen LogP contribution in [0.1, 0.15) is 16.9 Å². The SMILES string of the molecule is CN(CC(=O)NCc1ccco1)C(=O)/C=C/c1cn(Cc2ccccc2)nc1-c1cccnc1. The third kappa shape index (κ3) is 6.07. The van der Waals surface area contributed by atoms with E-state index in [1.807, 2.05) is 53.3 Å². The Morgan fingerprint density at radius 1 is 1.12 bits per heavy atom. The van der Waals surface area contributed by atoms with Crippen molar-refractivity contribution in [3.63, 3.8) is 0 Å². The monoisotopic (exact) mass is 455 g/mol. The van der Waals surface area contributed by atoms with Crippen LogP contribution >= 0.6 is 0 Å². The topological polar surface area (TPSA) is 93.3 Å². The molecule has 2 amide bonds. The minimum Gasteiger partial charge on any atom is -0.467 e. The van der Waals surface area contributed by atoms with E-state index >= 15 is 0 Å². The molecule has 0 aliphatic rings. The molecule has 8 heteroatoms. The summed E-state index contributed by atoms with van der Waals surface area (Å²) >= 11 is 0. The minimum atomic E-state index is -0.291. The summed E-state index contributed by atoms with van der Waals surface area (Å²) in [5, 5.41) is 7.45. The van der Waals surface area contributed by atoms with Gasteiger partial charge in [0.2, 0.25) is 11.8 Å². The summed E-state index contributed by atoms with van der Waals surface area (Å²) in [6.45, 7) is 0.816. The number of amides is 2. The predicted molar refractivity (Wildman–Crippen MR) is 128 cm³/mol. The van der Waals surface area contributed by atoms with Crippen LogP contribution in [0.15, 0.2) is 89.9 Å². The molecule has 0 aliphatic heterocycles. The van der Waals surface area contributed by atoms with E-state index in [9.17, 15) is 9.59 Å². The number of nitrogens with zero attached hydrogens (tertiary/aromatic N) is 4. The van der Waals surface area contributed by atoms with Crippen molar-refractivity contribution in [2.24, 2.45) is 0 Å².